The van der Waals surface area contributed by atoms with Crippen molar-refractivity contribution in [2.75, 3.05) is 17.9 Å². The number of halogens is 1. The van der Waals surface area contributed by atoms with Gasteiger partial charge in [0.25, 0.3) is 5.56 Å². The molecule has 1 amide bonds. The Kier molecular flexibility index (Phi) is 6.23. The summed E-state index contributed by atoms with van der Waals surface area (Å²) in [7, 11) is 0. The molecule has 33 heavy (non-hydrogen) atoms. The van der Waals surface area contributed by atoms with Gasteiger partial charge in [-0.1, -0.05) is 30.0 Å². The summed E-state index contributed by atoms with van der Waals surface area (Å²) >= 11 is 3.45. The van der Waals surface area contributed by atoms with Crippen LogP contribution >= 0.6 is 34.4 Å². The molecule has 0 bridgehead atoms. The maximum atomic E-state index is 13.3. The van der Waals surface area contributed by atoms with E-state index in [2.05, 4.69) is 32.9 Å². The van der Waals surface area contributed by atoms with Crippen LogP contribution in [0.4, 0.5) is 5.69 Å². The number of carbonyl (C=O) groups excluding carboxylic acids is 1. The molecule has 1 N–H and O–H groups in total. The van der Waals surface area contributed by atoms with Crippen LogP contribution < -0.4 is 20.3 Å². The molecule has 3 aromatic carbocycles. The zero-order chi connectivity index (χ0) is 22.8. The van der Waals surface area contributed by atoms with Crippen molar-refractivity contribution >= 4 is 56.9 Å². The summed E-state index contributed by atoms with van der Waals surface area (Å²) in [5, 5.41) is 3.89. The third-order valence-corrected chi connectivity index (χ3v) is 6.76. The van der Waals surface area contributed by atoms with Crippen LogP contribution in [0.15, 0.2) is 76.7 Å². The molecule has 0 saturated carbocycles. The van der Waals surface area contributed by atoms with E-state index in [1.165, 1.54) is 11.8 Å². The molecule has 7 nitrogen and oxygen atoms in total. The number of hydrogen-bond acceptors (Lipinski definition) is 6. The second kappa shape index (κ2) is 9.44. The topological polar surface area (TPSA) is 82.5 Å². The maximum absolute atomic E-state index is 13.3. The predicted octanol–water partition coefficient (Wildman–Crippen LogP) is 4.51. The van der Waals surface area contributed by atoms with Crippen LogP contribution in [0.3, 0.4) is 0 Å². The SMILES string of the molecule is O=C(CSc1nc2ccccc2c(=O)n1Cc1ccc2c(c1)OCO2)Nc1ccc(I)cc1. The Morgan fingerprint density at radius 3 is 2.70 bits per heavy atom. The smallest absolute Gasteiger partial charge is 0.262 e. The molecule has 0 atom stereocenters. The molecule has 0 fully saturated rings. The normalized spacial score (nSPS) is 12.2. The fraction of sp³-hybridized carbons (Fsp3) is 0.125. The third kappa shape index (κ3) is 4.83. The van der Waals surface area contributed by atoms with E-state index in [0.717, 1.165) is 14.8 Å². The molecule has 0 aliphatic carbocycles. The number of nitrogens with zero attached hydrogens (tertiary/aromatic N) is 2. The summed E-state index contributed by atoms with van der Waals surface area (Å²) in [6.45, 7) is 0.488. The van der Waals surface area contributed by atoms with Crippen molar-refractivity contribution in [1.82, 2.24) is 9.55 Å². The quantitative estimate of drug-likeness (QED) is 0.209. The zero-order valence-corrected chi connectivity index (χ0v) is 20.3. The highest BCUT2D eigenvalue weighted by atomic mass is 127. The van der Waals surface area contributed by atoms with Crippen LogP contribution in [0.1, 0.15) is 5.56 Å². The van der Waals surface area contributed by atoms with Gasteiger partial charge in [0.05, 0.1) is 23.2 Å². The van der Waals surface area contributed by atoms with Crippen LogP contribution in [-0.2, 0) is 11.3 Å². The molecule has 1 aliphatic rings. The second-order valence-electron chi connectivity index (χ2n) is 7.33. The summed E-state index contributed by atoms with van der Waals surface area (Å²) in [6, 6.07) is 20.4. The lowest BCUT2D eigenvalue weighted by Crippen LogP contribution is -2.25. The van der Waals surface area contributed by atoms with E-state index < -0.39 is 0 Å². The number of nitrogens with one attached hydrogen (secondary N) is 1. The molecule has 1 aliphatic heterocycles. The van der Waals surface area contributed by atoms with E-state index in [9.17, 15) is 9.59 Å². The van der Waals surface area contributed by atoms with Gasteiger partial charge in [0.1, 0.15) is 0 Å². The van der Waals surface area contributed by atoms with E-state index in [0.29, 0.717) is 34.1 Å². The van der Waals surface area contributed by atoms with Gasteiger partial charge in [-0.2, -0.15) is 0 Å². The average molecular weight is 571 g/mol. The first-order chi connectivity index (χ1) is 16.1. The van der Waals surface area contributed by atoms with Crippen LogP contribution in [0.25, 0.3) is 10.9 Å². The molecule has 5 rings (SSSR count). The fourth-order valence-corrected chi connectivity index (χ4v) is 4.64. The van der Waals surface area contributed by atoms with E-state index in [1.807, 2.05) is 54.6 Å². The molecule has 0 radical (unpaired) electrons. The molecule has 4 aromatic rings. The molecule has 2 heterocycles. The van der Waals surface area contributed by atoms with Gasteiger partial charge in [0, 0.05) is 9.26 Å². The van der Waals surface area contributed by atoms with Crippen molar-refractivity contribution in [3.05, 3.63) is 86.2 Å². The van der Waals surface area contributed by atoms with Gasteiger partial charge in [0.15, 0.2) is 16.7 Å². The third-order valence-electron chi connectivity index (χ3n) is 5.06. The summed E-state index contributed by atoms with van der Waals surface area (Å²) in [4.78, 5) is 30.5. The number of ether oxygens (including phenoxy) is 2. The molecule has 166 valence electrons. The molecule has 0 saturated heterocycles. The van der Waals surface area contributed by atoms with Crippen LogP contribution in [0.5, 0.6) is 11.5 Å². The lowest BCUT2D eigenvalue weighted by atomic mass is 10.2. The minimum absolute atomic E-state index is 0.123. The maximum Gasteiger partial charge on any atom is 0.262 e. The number of amides is 1. The number of aromatic nitrogens is 2. The number of hydrogen-bond donors (Lipinski definition) is 1. The van der Waals surface area contributed by atoms with Crippen molar-refractivity contribution in [2.24, 2.45) is 0 Å². The monoisotopic (exact) mass is 571 g/mol. The highest BCUT2D eigenvalue weighted by Gasteiger charge is 2.17. The van der Waals surface area contributed by atoms with Gasteiger partial charge < -0.3 is 14.8 Å². The van der Waals surface area contributed by atoms with E-state index in [4.69, 9.17) is 9.47 Å². The number of benzene rings is 3. The van der Waals surface area contributed by atoms with E-state index >= 15 is 0 Å². The van der Waals surface area contributed by atoms with Crippen molar-refractivity contribution in [3.63, 3.8) is 0 Å². The Morgan fingerprint density at radius 2 is 1.85 bits per heavy atom. The van der Waals surface area contributed by atoms with Crippen molar-refractivity contribution in [3.8, 4) is 11.5 Å². The standard InChI is InChI=1S/C24H18IN3O4S/c25-16-6-8-17(9-7-16)26-22(29)13-33-24-27-19-4-2-1-3-18(19)23(30)28(24)12-15-5-10-20-21(11-15)32-14-31-20/h1-11H,12-14H2,(H,26,29). The Hall–Kier alpha value is -3.05. The van der Waals surface area contributed by atoms with Gasteiger partial charge in [-0.3, -0.25) is 14.2 Å². The van der Waals surface area contributed by atoms with E-state index in [-0.39, 0.29) is 24.0 Å². The number of anilines is 1. The highest BCUT2D eigenvalue weighted by molar-refractivity contribution is 14.1. The molecule has 0 unspecified atom stereocenters. The average Bonchev–Trinajstić information content (AvgIpc) is 3.29. The summed E-state index contributed by atoms with van der Waals surface area (Å²) in [5.41, 5.74) is 2.05. The van der Waals surface area contributed by atoms with Crippen LogP contribution in [0, 0.1) is 3.57 Å². The zero-order valence-electron chi connectivity index (χ0n) is 17.3. The van der Waals surface area contributed by atoms with Crippen LogP contribution in [0.2, 0.25) is 0 Å². The minimum Gasteiger partial charge on any atom is -0.454 e. The molecule has 9 heteroatoms. The Morgan fingerprint density at radius 1 is 1.06 bits per heavy atom. The van der Waals surface area contributed by atoms with Crippen LogP contribution in [-0.4, -0.2) is 28.0 Å². The lowest BCUT2D eigenvalue weighted by molar-refractivity contribution is -0.113. The van der Waals surface area contributed by atoms with Gasteiger partial charge >= 0.3 is 0 Å². The Balaban J connectivity index is 1.42. The number of thioether (sulfide) groups is 1. The molecule has 0 spiro atoms. The van der Waals surface area contributed by atoms with Crippen molar-refractivity contribution < 1.29 is 14.3 Å². The Bertz CT molecular complexity index is 1410. The molecule has 1 aromatic heterocycles. The number of para-hydroxylation sites is 1. The number of carbonyl (C=O) groups is 1. The second-order valence-corrected chi connectivity index (χ2v) is 9.52. The first kappa shape index (κ1) is 21.8. The van der Waals surface area contributed by atoms with Gasteiger partial charge in [-0.25, -0.2) is 4.98 Å². The first-order valence-electron chi connectivity index (χ1n) is 10.1. The summed E-state index contributed by atoms with van der Waals surface area (Å²) in [5.74, 6) is 1.29. The molecular formula is C24H18IN3O4S. The van der Waals surface area contributed by atoms with Gasteiger partial charge in [-0.05, 0) is 76.7 Å². The number of rotatable bonds is 6. The van der Waals surface area contributed by atoms with Crippen molar-refractivity contribution in [1.29, 1.82) is 0 Å². The van der Waals surface area contributed by atoms with Gasteiger partial charge in [0.2, 0.25) is 12.7 Å². The van der Waals surface area contributed by atoms with Gasteiger partial charge in [-0.15, -0.1) is 0 Å². The fourth-order valence-electron chi connectivity index (χ4n) is 3.48. The largest absolute Gasteiger partial charge is 0.454 e. The first-order valence-corrected chi connectivity index (χ1v) is 12.2. The highest BCUT2D eigenvalue weighted by Crippen LogP contribution is 2.33. The summed E-state index contributed by atoms with van der Waals surface area (Å²) in [6.07, 6.45) is 0. The minimum atomic E-state index is -0.168. The lowest BCUT2D eigenvalue weighted by Gasteiger charge is -2.14. The molecular weight excluding hydrogens is 553 g/mol. The summed E-state index contributed by atoms with van der Waals surface area (Å²) < 4.78 is 13.5. The van der Waals surface area contributed by atoms with E-state index in [1.54, 1.807) is 16.7 Å². The predicted molar refractivity (Wildman–Crippen MR) is 136 cm³/mol. The number of fused-ring (bicyclic) bond motifs is 2. The van der Waals surface area contributed by atoms with Crippen molar-refractivity contribution in [2.45, 2.75) is 11.7 Å². The Labute approximate surface area is 207 Å².